The summed E-state index contributed by atoms with van der Waals surface area (Å²) in [6.45, 7) is 4.23. The number of fused-ring (bicyclic) bond motifs is 1. The van der Waals surface area contributed by atoms with Crippen molar-refractivity contribution in [3.8, 4) is 22.6 Å². The van der Waals surface area contributed by atoms with Gasteiger partial charge in [-0.15, -0.1) is 0 Å². The first kappa shape index (κ1) is 19.8. The molecule has 5 rings (SSSR count). The lowest BCUT2D eigenvalue weighted by Gasteiger charge is -2.10. The zero-order valence-electron chi connectivity index (χ0n) is 18.3. The Labute approximate surface area is 187 Å². The van der Waals surface area contributed by atoms with Gasteiger partial charge in [0.05, 0.1) is 12.5 Å². The third kappa shape index (κ3) is 3.58. The Kier molecular flexibility index (Phi) is 5.07. The summed E-state index contributed by atoms with van der Waals surface area (Å²) in [5, 5.41) is 4.50. The van der Waals surface area contributed by atoms with E-state index >= 15 is 0 Å². The summed E-state index contributed by atoms with van der Waals surface area (Å²) in [5.41, 5.74) is 7.54. The van der Waals surface area contributed by atoms with Crippen molar-refractivity contribution < 1.29 is 4.74 Å². The largest absolute Gasteiger partial charge is 0.497 e. The second-order valence-electron chi connectivity index (χ2n) is 7.82. The number of methoxy groups -OCH3 is 1. The summed E-state index contributed by atoms with van der Waals surface area (Å²) < 4.78 is 7.43. The van der Waals surface area contributed by atoms with Gasteiger partial charge in [0.15, 0.2) is 5.65 Å². The van der Waals surface area contributed by atoms with Gasteiger partial charge in [-0.3, -0.25) is 0 Å². The highest BCUT2D eigenvalue weighted by molar-refractivity contribution is 6.03. The fourth-order valence-electron chi connectivity index (χ4n) is 3.89. The summed E-state index contributed by atoms with van der Waals surface area (Å²) in [5.74, 6) is 1.60. The van der Waals surface area contributed by atoms with E-state index in [1.807, 2.05) is 42.5 Å². The highest BCUT2D eigenvalue weighted by Crippen LogP contribution is 2.36. The van der Waals surface area contributed by atoms with E-state index in [2.05, 4.69) is 70.2 Å². The predicted octanol–water partition coefficient (Wildman–Crippen LogP) is 6.46. The lowest BCUT2D eigenvalue weighted by atomic mass is 10.1. The SMILES string of the molecule is COc1ccc(-n2cc(-c3ccccc3)c3c(Nc4ccc(C)c(C)c4)ncnc32)cc1. The summed E-state index contributed by atoms with van der Waals surface area (Å²) in [6.07, 6.45) is 3.74. The molecule has 2 heterocycles. The molecule has 2 aromatic heterocycles. The summed E-state index contributed by atoms with van der Waals surface area (Å²) >= 11 is 0. The monoisotopic (exact) mass is 420 g/mol. The molecule has 0 aliphatic carbocycles. The zero-order chi connectivity index (χ0) is 22.1. The van der Waals surface area contributed by atoms with Crippen molar-refractivity contribution in [1.29, 1.82) is 0 Å². The molecular formula is C27H24N4O. The van der Waals surface area contributed by atoms with Crippen LogP contribution in [0.3, 0.4) is 0 Å². The number of ether oxygens (including phenoxy) is 1. The summed E-state index contributed by atoms with van der Waals surface area (Å²) in [4.78, 5) is 9.28. The van der Waals surface area contributed by atoms with Crippen molar-refractivity contribution in [2.24, 2.45) is 0 Å². The number of rotatable bonds is 5. The quantitative estimate of drug-likeness (QED) is 0.355. The van der Waals surface area contributed by atoms with Crippen LogP contribution < -0.4 is 10.1 Å². The number of anilines is 2. The maximum absolute atomic E-state index is 5.33. The van der Waals surface area contributed by atoms with Crippen molar-refractivity contribution in [2.75, 3.05) is 12.4 Å². The summed E-state index contributed by atoms with van der Waals surface area (Å²) in [7, 11) is 1.67. The van der Waals surface area contributed by atoms with E-state index < -0.39 is 0 Å². The van der Waals surface area contributed by atoms with Crippen molar-refractivity contribution in [2.45, 2.75) is 13.8 Å². The minimum atomic E-state index is 0.782. The number of aromatic nitrogens is 3. The molecule has 0 atom stereocenters. The predicted molar refractivity (Wildman–Crippen MR) is 130 cm³/mol. The Balaban J connectivity index is 1.71. The van der Waals surface area contributed by atoms with E-state index in [0.717, 1.165) is 45.1 Å². The van der Waals surface area contributed by atoms with E-state index in [1.54, 1.807) is 13.4 Å². The second-order valence-corrected chi connectivity index (χ2v) is 7.82. The molecule has 0 spiro atoms. The average molecular weight is 421 g/mol. The standard InChI is InChI=1S/C27H24N4O/c1-18-9-10-21(15-19(18)2)30-26-25-24(20-7-5-4-6-8-20)16-31(27(25)29-17-28-26)22-11-13-23(32-3)14-12-22/h4-17H,1-3H3,(H,28,29,30). The minimum absolute atomic E-state index is 0.782. The van der Waals surface area contributed by atoms with Gasteiger partial charge in [-0.1, -0.05) is 36.4 Å². The van der Waals surface area contributed by atoms with Gasteiger partial charge in [-0.25, -0.2) is 9.97 Å². The maximum Gasteiger partial charge on any atom is 0.150 e. The number of hydrogen-bond donors (Lipinski definition) is 1. The third-order valence-corrected chi connectivity index (χ3v) is 5.79. The third-order valence-electron chi connectivity index (χ3n) is 5.79. The number of nitrogens with zero attached hydrogens (tertiary/aromatic N) is 3. The molecule has 5 heteroatoms. The molecule has 158 valence electrons. The van der Waals surface area contributed by atoms with Gasteiger partial charge in [0.1, 0.15) is 17.9 Å². The molecule has 32 heavy (non-hydrogen) atoms. The molecule has 0 saturated carbocycles. The molecule has 3 aromatic carbocycles. The Morgan fingerprint density at radius 1 is 0.844 bits per heavy atom. The molecule has 0 radical (unpaired) electrons. The van der Waals surface area contributed by atoms with Crippen molar-refractivity contribution in [1.82, 2.24) is 14.5 Å². The van der Waals surface area contributed by atoms with Crippen LogP contribution in [0.2, 0.25) is 0 Å². The van der Waals surface area contributed by atoms with E-state index in [-0.39, 0.29) is 0 Å². The number of aryl methyl sites for hydroxylation is 2. The molecule has 0 unspecified atom stereocenters. The van der Waals surface area contributed by atoms with Crippen molar-refractivity contribution >= 4 is 22.5 Å². The first-order valence-corrected chi connectivity index (χ1v) is 10.5. The van der Waals surface area contributed by atoms with Crippen LogP contribution in [0.5, 0.6) is 5.75 Å². The average Bonchev–Trinajstić information content (AvgIpc) is 3.23. The highest BCUT2D eigenvalue weighted by Gasteiger charge is 2.17. The van der Waals surface area contributed by atoms with Gasteiger partial charge in [-0.05, 0) is 66.9 Å². The molecule has 5 nitrogen and oxygen atoms in total. The van der Waals surface area contributed by atoms with Gasteiger partial charge in [0.2, 0.25) is 0 Å². The molecule has 0 saturated heterocycles. The van der Waals surface area contributed by atoms with E-state index in [1.165, 1.54) is 11.1 Å². The summed E-state index contributed by atoms with van der Waals surface area (Å²) in [6, 6.07) is 24.7. The van der Waals surface area contributed by atoms with Crippen molar-refractivity contribution in [3.63, 3.8) is 0 Å². The first-order chi connectivity index (χ1) is 15.6. The van der Waals surface area contributed by atoms with Gasteiger partial charge < -0.3 is 14.6 Å². The number of nitrogens with one attached hydrogen (secondary N) is 1. The number of hydrogen-bond acceptors (Lipinski definition) is 4. The fourth-order valence-corrected chi connectivity index (χ4v) is 3.89. The van der Waals surface area contributed by atoms with Gasteiger partial charge >= 0.3 is 0 Å². The smallest absolute Gasteiger partial charge is 0.150 e. The molecular weight excluding hydrogens is 396 g/mol. The second kappa shape index (κ2) is 8.19. The number of benzene rings is 3. The van der Waals surface area contributed by atoms with E-state index in [9.17, 15) is 0 Å². The molecule has 0 amide bonds. The molecule has 5 aromatic rings. The van der Waals surface area contributed by atoms with Crippen LogP contribution in [-0.4, -0.2) is 21.6 Å². The zero-order valence-corrected chi connectivity index (χ0v) is 18.3. The molecule has 0 bridgehead atoms. The molecule has 0 fully saturated rings. The van der Waals surface area contributed by atoms with Crippen LogP contribution >= 0.6 is 0 Å². The fraction of sp³-hybridized carbons (Fsp3) is 0.111. The molecule has 1 N–H and O–H groups in total. The Morgan fingerprint density at radius 3 is 2.34 bits per heavy atom. The minimum Gasteiger partial charge on any atom is -0.497 e. The Hall–Kier alpha value is -4.12. The van der Waals surface area contributed by atoms with E-state index in [0.29, 0.717) is 0 Å². The van der Waals surface area contributed by atoms with Crippen LogP contribution in [-0.2, 0) is 0 Å². The van der Waals surface area contributed by atoms with Crippen LogP contribution in [0.25, 0.3) is 27.8 Å². The lowest BCUT2D eigenvalue weighted by Crippen LogP contribution is -1.99. The Morgan fingerprint density at radius 2 is 1.62 bits per heavy atom. The van der Waals surface area contributed by atoms with Crippen LogP contribution in [0.4, 0.5) is 11.5 Å². The van der Waals surface area contributed by atoms with Gasteiger partial charge in [-0.2, -0.15) is 0 Å². The maximum atomic E-state index is 5.33. The van der Waals surface area contributed by atoms with E-state index in [4.69, 9.17) is 4.74 Å². The van der Waals surface area contributed by atoms with Crippen molar-refractivity contribution in [3.05, 3.63) is 96.4 Å². The first-order valence-electron chi connectivity index (χ1n) is 10.5. The Bertz CT molecular complexity index is 1390. The topological polar surface area (TPSA) is 52.0 Å². The molecule has 0 aliphatic heterocycles. The van der Waals surface area contributed by atoms with Gasteiger partial charge in [0, 0.05) is 23.1 Å². The van der Waals surface area contributed by atoms with Crippen LogP contribution in [0, 0.1) is 13.8 Å². The van der Waals surface area contributed by atoms with Gasteiger partial charge in [0.25, 0.3) is 0 Å². The van der Waals surface area contributed by atoms with Crippen LogP contribution in [0.15, 0.2) is 85.3 Å². The highest BCUT2D eigenvalue weighted by atomic mass is 16.5. The lowest BCUT2D eigenvalue weighted by molar-refractivity contribution is 0.415. The normalized spacial score (nSPS) is 11.0. The molecule has 0 aliphatic rings. The van der Waals surface area contributed by atoms with Crippen LogP contribution in [0.1, 0.15) is 11.1 Å².